The summed E-state index contributed by atoms with van der Waals surface area (Å²) in [4.78, 5) is 81.1. The van der Waals surface area contributed by atoms with Crippen LogP contribution in [0.2, 0.25) is 0 Å². The Morgan fingerprint density at radius 3 is 1.91 bits per heavy atom. The summed E-state index contributed by atoms with van der Waals surface area (Å²) in [7, 11) is 0. The Labute approximate surface area is 258 Å². The third kappa shape index (κ3) is 21.3. The number of amides is 3. The molecule has 3 atom stereocenters. The van der Waals surface area contributed by atoms with Crippen LogP contribution in [-0.2, 0) is 43.0 Å². The number of aliphatic carboxylic acids is 3. The van der Waals surface area contributed by atoms with Gasteiger partial charge in [-0.3, -0.25) is 24.0 Å². The predicted octanol–water partition coefficient (Wildman–Crippen LogP) is 0.860. The van der Waals surface area contributed by atoms with Gasteiger partial charge in [0.1, 0.15) is 24.5 Å². The largest absolute Gasteiger partial charge is 0.481 e. The van der Waals surface area contributed by atoms with E-state index >= 15 is 0 Å². The van der Waals surface area contributed by atoms with Gasteiger partial charge in [0.25, 0.3) is 0 Å². The molecule has 0 heterocycles. The number of nitrogens with one attached hydrogen (secondary N) is 3. The van der Waals surface area contributed by atoms with Gasteiger partial charge in [-0.1, -0.05) is 22.9 Å². The molecule has 3 amide bonds. The number of carboxylic acid groups (broad SMARTS) is 3. The summed E-state index contributed by atoms with van der Waals surface area (Å²) in [5.41, 5.74) is 0. The highest BCUT2D eigenvalue weighted by atomic mass is 79.9. The standard InChI is InChI=1S/C27H44BrN3O12/c1-2-18(25(36)37)8-11-22(33)30-21(27(40)41)10-9-19(32)6-5-13-42-14-15-43-17-24(35)31-20(26(38)39)7-3-4-12-29-23(34)16-28/h18,20-21H,2-17H2,1H3,(H,29,34)(H,30,33)(H,31,35)(H,36,37)(H,38,39)(H,40,41)/t18-,20-,21?/m0/s1. The van der Waals surface area contributed by atoms with Crippen LogP contribution in [0.1, 0.15) is 71.1 Å². The van der Waals surface area contributed by atoms with Crippen molar-refractivity contribution in [2.75, 3.05) is 38.3 Å². The predicted molar refractivity (Wildman–Crippen MR) is 156 cm³/mol. The molecule has 0 rings (SSSR count). The highest BCUT2D eigenvalue weighted by molar-refractivity contribution is 9.09. The normalized spacial score (nSPS) is 12.9. The SMILES string of the molecule is CC[C@@H](CCC(=O)NC(CCC(=O)CCCOCCOCC(=O)N[C@@H](CCCCNC(=O)CBr)C(=O)O)C(=O)O)C(=O)O. The minimum absolute atomic E-state index is 0.0623. The van der Waals surface area contributed by atoms with Gasteiger partial charge >= 0.3 is 17.9 Å². The van der Waals surface area contributed by atoms with Gasteiger partial charge in [0.05, 0.1) is 24.5 Å². The number of carboxylic acids is 3. The van der Waals surface area contributed by atoms with Crippen molar-refractivity contribution in [1.29, 1.82) is 0 Å². The number of Topliss-reactive ketones (excluding diaryl/α,β-unsaturated/α-hetero) is 1. The summed E-state index contributed by atoms with van der Waals surface area (Å²) in [6, 6.07) is -2.33. The number of rotatable bonds is 27. The maximum absolute atomic E-state index is 12.1. The summed E-state index contributed by atoms with van der Waals surface area (Å²) in [5, 5.41) is 35.2. The number of ether oxygens (including phenoxy) is 2. The average Bonchev–Trinajstić information content (AvgIpc) is 2.95. The summed E-state index contributed by atoms with van der Waals surface area (Å²) >= 11 is 3.02. The minimum Gasteiger partial charge on any atom is -0.481 e. The molecule has 0 aromatic rings. The Morgan fingerprint density at radius 1 is 0.674 bits per heavy atom. The zero-order valence-corrected chi connectivity index (χ0v) is 26.0. The fourth-order valence-corrected chi connectivity index (χ4v) is 3.96. The van der Waals surface area contributed by atoms with Crippen molar-refractivity contribution in [3.8, 4) is 0 Å². The van der Waals surface area contributed by atoms with Crippen LogP contribution in [0.3, 0.4) is 0 Å². The van der Waals surface area contributed by atoms with Crippen LogP contribution in [0, 0.1) is 5.92 Å². The molecule has 0 aliphatic heterocycles. The fourth-order valence-electron chi connectivity index (χ4n) is 3.76. The minimum atomic E-state index is -1.28. The first kappa shape index (κ1) is 39.9. The molecule has 15 nitrogen and oxygen atoms in total. The van der Waals surface area contributed by atoms with Crippen LogP contribution in [-0.4, -0.2) is 107 Å². The zero-order valence-electron chi connectivity index (χ0n) is 24.4. The van der Waals surface area contributed by atoms with E-state index in [0.29, 0.717) is 32.2 Å². The molecule has 0 radical (unpaired) electrons. The quantitative estimate of drug-likeness (QED) is 0.0523. The molecular weight excluding hydrogens is 638 g/mol. The van der Waals surface area contributed by atoms with E-state index in [1.807, 2.05) is 0 Å². The van der Waals surface area contributed by atoms with Crippen molar-refractivity contribution in [3.05, 3.63) is 0 Å². The second kappa shape index (κ2) is 24.3. The van der Waals surface area contributed by atoms with Crippen molar-refractivity contribution in [2.45, 2.75) is 83.2 Å². The van der Waals surface area contributed by atoms with Gasteiger partial charge in [-0.25, -0.2) is 9.59 Å². The van der Waals surface area contributed by atoms with Gasteiger partial charge in [0.2, 0.25) is 17.7 Å². The molecule has 43 heavy (non-hydrogen) atoms. The molecule has 0 aromatic heterocycles. The van der Waals surface area contributed by atoms with Gasteiger partial charge in [-0.2, -0.15) is 0 Å². The van der Waals surface area contributed by atoms with Crippen molar-refractivity contribution in [3.63, 3.8) is 0 Å². The van der Waals surface area contributed by atoms with E-state index in [-0.39, 0.29) is 82.0 Å². The number of halogens is 1. The van der Waals surface area contributed by atoms with Gasteiger partial charge in [-0.15, -0.1) is 0 Å². The summed E-state index contributed by atoms with van der Waals surface area (Å²) in [6.07, 6.45) is 1.93. The molecular formula is C27H44BrN3O12. The number of carbonyl (C=O) groups is 7. The second-order valence-electron chi connectivity index (χ2n) is 9.72. The summed E-state index contributed by atoms with van der Waals surface area (Å²) in [6.45, 7) is 2.17. The van der Waals surface area contributed by atoms with Crippen molar-refractivity contribution in [1.82, 2.24) is 16.0 Å². The highest BCUT2D eigenvalue weighted by Crippen LogP contribution is 2.12. The van der Waals surface area contributed by atoms with Crippen LogP contribution >= 0.6 is 15.9 Å². The Kier molecular flexibility index (Phi) is 22.6. The molecule has 0 bridgehead atoms. The van der Waals surface area contributed by atoms with Crippen LogP contribution < -0.4 is 16.0 Å². The monoisotopic (exact) mass is 681 g/mol. The molecule has 6 N–H and O–H groups in total. The third-order valence-electron chi connectivity index (χ3n) is 6.25. The molecule has 0 saturated heterocycles. The smallest absolute Gasteiger partial charge is 0.326 e. The van der Waals surface area contributed by atoms with Crippen molar-refractivity contribution >= 4 is 57.3 Å². The molecule has 16 heteroatoms. The van der Waals surface area contributed by atoms with Crippen LogP contribution in [0.25, 0.3) is 0 Å². The van der Waals surface area contributed by atoms with Gasteiger partial charge in [-0.05, 0) is 44.9 Å². The molecule has 246 valence electrons. The van der Waals surface area contributed by atoms with Crippen LogP contribution in [0.4, 0.5) is 0 Å². The Hall–Kier alpha value is -3.11. The lowest BCUT2D eigenvalue weighted by Gasteiger charge is -2.15. The summed E-state index contributed by atoms with van der Waals surface area (Å²) in [5.74, 6) is -5.70. The van der Waals surface area contributed by atoms with E-state index in [2.05, 4.69) is 31.9 Å². The Balaban J connectivity index is 4.04. The first-order chi connectivity index (χ1) is 20.4. The van der Waals surface area contributed by atoms with E-state index in [4.69, 9.17) is 14.6 Å². The van der Waals surface area contributed by atoms with Gasteiger partial charge < -0.3 is 40.7 Å². The number of alkyl halides is 1. The third-order valence-corrected chi connectivity index (χ3v) is 6.76. The molecule has 0 saturated carbocycles. The molecule has 1 unspecified atom stereocenters. The lowest BCUT2D eigenvalue weighted by Crippen LogP contribution is -2.42. The number of unbranched alkanes of at least 4 members (excludes halogenated alkanes) is 1. The molecule has 0 fully saturated rings. The topological polar surface area (TPSA) is 235 Å². The second-order valence-corrected chi connectivity index (χ2v) is 10.3. The van der Waals surface area contributed by atoms with Crippen molar-refractivity contribution < 1.29 is 58.4 Å². The van der Waals surface area contributed by atoms with Gasteiger partial charge in [0, 0.05) is 32.4 Å². The number of carbonyl (C=O) groups excluding carboxylic acids is 4. The maximum Gasteiger partial charge on any atom is 0.326 e. The lowest BCUT2D eigenvalue weighted by atomic mass is 10.00. The van der Waals surface area contributed by atoms with Gasteiger partial charge in [0.15, 0.2) is 0 Å². The van der Waals surface area contributed by atoms with E-state index in [1.165, 1.54) is 0 Å². The first-order valence-corrected chi connectivity index (χ1v) is 15.3. The first-order valence-electron chi connectivity index (χ1n) is 14.2. The number of hydrogen-bond donors (Lipinski definition) is 6. The molecule has 0 spiro atoms. The molecule has 0 aliphatic carbocycles. The van der Waals surface area contributed by atoms with Crippen LogP contribution in [0.5, 0.6) is 0 Å². The molecule has 0 aliphatic rings. The fraction of sp³-hybridized carbons (Fsp3) is 0.741. The average molecular weight is 683 g/mol. The Morgan fingerprint density at radius 2 is 1.30 bits per heavy atom. The maximum atomic E-state index is 12.1. The van der Waals surface area contributed by atoms with E-state index < -0.39 is 47.7 Å². The van der Waals surface area contributed by atoms with Crippen LogP contribution in [0.15, 0.2) is 0 Å². The Bertz CT molecular complexity index is 918. The zero-order chi connectivity index (χ0) is 32.6. The highest BCUT2D eigenvalue weighted by Gasteiger charge is 2.23. The van der Waals surface area contributed by atoms with Crippen molar-refractivity contribution in [2.24, 2.45) is 5.92 Å². The number of hydrogen-bond acceptors (Lipinski definition) is 9. The number of ketones is 1. The summed E-state index contributed by atoms with van der Waals surface area (Å²) < 4.78 is 10.5. The van der Waals surface area contributed by atoms with E-state index in [1.54, 1.807) is 6.92 Å². The lowest BCUT2D eigenvalue weighted by molar-refractivity contribution is -0.144. The van der Waals surface area contributed by atoms with E-state index in [9.17, 15) is 43.8 Å². The molecule has 0 aromatic carbocycles. The van der Waals surface area contributed by atoms with E-state index in [0.717, 1.165) is 0 Å².